The number of amides is 1. The fourth-order valence-corrected chi connectivity index (χ4v) is 2.82. The van der Waals surface area contributed by atoms with E-state index < -0.39 is 6.10 Å². The van der Waals surface area contributed by atoms with Crippen molar-refractivity contribution in [2.75, 3.05) is 27.3 Å². The molecule has 0 aromatic rings. The van der Waals surface area contributed by atoms with Gasteiger partial charge in [-0.1, -0.05) is 19.8 Å². The van der Waals surface area contributed by atoms with Gasteiger partial charge in [-0.3, -0.25) is 4.79 Å². The third kappa shape index (κ3) is 3.42. The Morgan fingerprint density at radius 3 is 2.53 bits per heavy atom. The molecule has 1 amide bonds. The van der Waals surface area contributed by atoms with Gasteiger partial charge in [0.15, 0.2) is 0 Å². The lowest BCUT2D eigenvalue weighted by molar-refractivity contribution is -0.142. The first-order valence-corrected chi connectivity index (χ1v) is 6.48. The smallest absolute Gasteiger partial charge is 0.228 e. The van der Waals surface area contributed by atoms with Gasteiger partial charge in [0.25, 0.3) is 0 Å². The number of methoxy groups -OCH3 is 1. The molecule has 1 N–H and O–H groups in total. The zero-order chi connectivity index (χ0) is 12.9. The van der Waals surface area contributed by atoms with Gasteiger partial charge in [0.1, 0.15) is 0 Å². The topological polar surface area (TPSA) is 49.8 Å². The number of ether oxygens (including phenoxy) is 1. The number of hydrogen-bond donors (Lipinski definition) is 1. The van der Waals surface area contributed by atoms with E-state index in [0.29, 0.717) is 6.54 Å². The van der Waals surface area contributed by atoms with E-state index in [1.807, 2.05) is 0 Å². The van der Waals surface area contributed by atoms with Crippen molar-refractivity contribution in [1.29, 1.82) is 0 Å². The molecule has 0 aliphatic heterocycles. The van der Waals surface area contributed by atoms with Crippen LogP contribution in [0.2, 0.25) is 0 Å². The number of likely N-dealkylation sites (N-methyl/N-ethyl adjacent to an activating group) is 1. The van der Waals surface area contributed by atoms with Gasteiger partial charge < -0.3 is 14.7 Å². The Kier molecular flexibility index (Phi) is 5.40. The lowest BCUT2D eigenvalue weighted by atomic mass is 9.82. The van der Waals surface area contributed by atoms with Crippen molar-refractivity contribution in [3.8, 4) is 0 Å². The average molecular weight is 243 g/mol. The molecule has 1 saturated carbocycles. The number of aliphatic hydroxyl groups excluding tert-OH is 1. The van der Waals surface area contributed by atoms with Crippen molar-refractivity contribution in [3.05, 3.63) is 0 Å². The van der Waals surface area contributed by atoms with Crippen LogP contribution in [0.4, 0.5) is 0 Å². The molecule has 0 saturated heterocycles. The quantitative estimate of drug-likeness (QED) is 0.767. The summed E-state index contributed by atoms with van der Waals surface area (Å²) in [4.78, 5) is 14.1. The zero-order valence-corrected chi connectivity index (χ0v) is 11.2. The standard InChI is InChI=1S/C13H25NO3/c1-4-13(7-5-6-8-13)12(16)14(2)9-11(15)10-17-3/h11,15H,4-10H2,1-3H3. The van der Waals surface area contributed by atoms with Gasteiger partial charge >= 0.3 is 0 Å². The molecule has 17 heavy (non-hydrogen) atoms. The minimum atomic E-state index is -0.593. The first-order valence-electron chi connectivity index (χ1n) is 6.48. The lowest BCUT2D eigenvalue weighted by Gasteiger charge is -2.32. The Balaban J connectivity index is 2.55. The minimum Gasteiger partial charge on any atom is -0.389 e. The van der Waals surface area contributed by atoms with Crippen LogP contribution >= 0.6 is 0 Å². The first kappa shape index (κ1) is 14.5. The maximum atomic E-state index is 12.4. The van der Waals surface area contributed by atoms with Gasteiger partial charge in [0, 0.05) is 26.1 Å². The maximum absolute atomic E-state index is 12.4. The predicted molar refractivity (Wildman–Crippen MR) is 66.7 cm³/mol. The van der Waals surface area contributed by atoms with E-state index in [4.69, 9.17) is 4.74 Å². The second-order valence-corrected chi connectivity index (χ2v) is 5.14. The Morgan fingerprint density at radius 2 is 2.06 bits per heavy atom. The summed E-state index contributed by atoms with van der Waals surface area (Å²) in [5.41, 5.74) is -0.165. The van der Waals surface area contributed by atoms with Crippen LogP contribution in [0.1, 0.15) is 39.0 Å². The Hall–Kier alpha value is -0.610. The minimum absolute atomic E-state index is 0.165. The van der Waals surface area contributed by atoms with Crippen LogP contribution in [0.15, 0.2) is 0 Å². The van der Waals surface area contributed by atoms with Gasteiger partial charge in [0.2, 0.25) is 5.91 Å². The van der Waals surface area contributed by atoms with Crippen LogP contribution in [0.3, 0.4) is 0 Å². The van der Waals surface area contributed by atoms with Crippen LogP contribution in [0.5, 0.6) is 0 Å². The van der Waals surface area contributed by atoms with E-state index in [0.717, 1.165) is 32.1 Å². The highest BCUT2D eigenvalue weighted by atomic mass is 16.5. The molecule has 0 bridgehead atoms. The van der Waals surface area contributed by atoms with Crippen molar-refractivity contribution < 1.29 is 14.6 Å². The van der Waals surface area contributed by atoms with Crippen LogP contribution < -0.4 is 0 Å². The molecular weight excluding hydrogens is 218 g/mol. The van der Waals surface area contributed by atoms with Crippen LogP contribution in [0, 0.1) is 5.41 Å². The number of carbonyl (C=O) groups excluding carboxylic acids is 1. The summed E-state index contributed by atoms with van der Waals surface area (Å²) in [7, 11) is 3.33. The molecule has 1 aliphatic rings. The monoisotopic (exact) mass is 243 g/mol. The molecule has 0 aromatic carbocycles. The first-order chi connectivity index (χ1) is 8.05. The van der Waals surface area contributed by atoms with Crippen molar-refractivity contribution in [3.63, 3.8) is 0 Å². The predicted octanol–water partition coefficient (Wildman–Crippen LogP) is 1.42. The summed E-state index contributed by atoms with van der Waals surface area (Å²) in [6, 6.07) is 0. The van der Waals surface area contributed by atoms with E-state index in [2.05, 4.69) is 6.92 Å². The van der Waals surface area contributed by atoms with Gasteiger partial charge in [-0.25, -0.2) is 0 Å². The SMILES string of the molecule is CCC1(C(=O)N(C)CC(O)COC)CCCC1. The molecule has 0 spiro atoms. The van der Waals surface area contributed by atoms with E-state index in [1.165, 1.54) is 0 Å². The highest BCUT2D eigenvalue weighted by molar-refractivity contribution is 5.82. The second-order valence-electron chi connectivity index (χ2n) is 5.14. The second kappa shape index (κ2) is 6.36. The summed E-state index contributed by atoms with van der Waals surface area (Å²) >= 11 is 0. The molecule has 4 heteroatoms. The van der Waals surface area contributed by atoms with Crippen LogP contribution in [0.25, 0.3) is 0 Å². The zero-order valence-electron chi connectivity index (χ0n) is 11.2. The largest absolute Gasteiger partial charge is 0.389 e. The molecular formula is C13H25NO3. The number of aliphatic hydroxyl groups is 1. The summed E-state index contributed by atoms with van der Waals surface area (Å²) < 4.78 is 4.87. The fraction of sp³-hybridized carbons (Fsp3) is 0.923. The molecule has 0 heterocycles. The van der Waals surface area contributed by atoms with Crippen molar-refractivity contribution in [1.82, 2.24) is 4.90 Å². The van der Waals surface area contributed by atoms with Crippen molar-refractivity contribution in [2.45, 2.75) is 45.1 Å². The van der Waals surface area contributed by atoms with E-state index in [9.17, 15) is 9.90 Å². The van der Waals surface area contributed by atoms with Gasteiger partial charge in [-0.15, -0.1) is 0 Å². The van der Waals surface area contributed by atoms with Crippen molar-refractivity contribution >= 4 is 5.91 Å². The summed E-state index contributed by atoms with van der Waals surface area (Å²) in [6.07, 6.45) is 4.59. The number of rotatable bonds is 6. The highest BCUT2D eigenvalue weighted by Crippen LogP contribution is 2.42. The summed E-state index contributed by atoms with van der Waals surface area (Å²) in [6.45, 7) is 2.72. The highest BCUT2D eigenvalue weighted by Gasteiger charge is 2.41. The Labute approximate surface area is 104 Å². The number of carbonyl (C=O) groups is 1. The summed E-state index contributed by atoms with van der Waals surface area (Å²) in [5, 5.41) is 9.65. The fourth-order valence-electron chi connectivity index (χ4n) is 2.82. The molecule has 1 fully saturated rings. The number of nitrogens with zero attached hydrogens (tertiary/aromatic N) is 1. The molecule has 4 nitrogen and oxygen atoms in total. The van der Waals surface area contributed by atoms with Gasteiger partial charge in [0.05, 0.1) is 12.7 Å². The van der Waals surface area contributed by atoms with E-state index in [1.54, 1.807) is 19.1 Å². The summed E-state index contributed by atoms with van der Waals surface area (Å²) in [5.74, 6) is 0.188. The average Bonchev–Trinajstić information content (AvgIpc) is 2.78. The van der Waals surface area contributed by atoms with E-state index >= 15 is 0 Å². The maximum Gasteiger partial charge on any atom is 0.228 e. The molecule has 0 radical (unpaired) electrons. The van der Waals surface area contributed by atoms with Crippen molar-refractivity contribution in [2.24, 2.45) is 5.41 Å². The van der Waals surface area contributed by atoms with Gasteiger partial charge in [-0.05, 0) is 19.3 Å². The third-order valence-electron chi connectivity index (χ3n) is 3.88. The molecule has 0 aromatic heterocycles. The van der Waals surface area contributed by atoms with Gasteiger partial charge in [-0.2, -0.15) is 0 Å². The van der Waals surface area contributed by atoms with Crippen LogP contribution in [-0.2, 0) is 9.53 Å². The van der Waals surface area contributed by atoms with E-state index in [-0.39, 0.29) is 17.9 Å². The molecule has 1 rings (SSSR count). The third-order valence-corrected chi connectivity index (χ3v) is 3.88. The Morgan fingerprint density at radius 1 is 1.47 bits per heavy atom. The Bertz CT molecular complexity index is 249. The lowest BCUT2D eigenvalue weighted by Crippen LogP contribution is -2.44. The molecule has 1 unspecified atom stereocenters. The molecule has 1 aliphatic carbocycles. The van der Waals surface area contributed by atoms with Crippen LogP contribution in [-0.4, -0.2) is 49.3 Å². The molecule has 100 valence electrons. The molecule has 1 atom stereocenters. The normalized spacial score (nSPS) is 20.2. The number of hydrogen-bond acceptors (Lipinski definition) is 3.